The van der Waals surface area contributed by atoms with E-state index in [0.717, 1.165) is 28.0 Å². The molecule has 0 radical (unpaired) electrons. The Morgan fingerprint density at radius 3 is 1.82 bits per heavy atom. The first-order valence-electron chi connectivity index (χ1n) is 13.3. The smallest absolute Gasteiger partial charge is 0.261 e. The van der Waals surface area contributed by atoms with Crippen LogP contribution in [0.2, 0.25) is 0 Å². The number of carbonyl (C=O) groups is 2. The fourth-order valence-electron chi connectivity index (χ4n) is 5.96. The highest BCUT2D eigenvalue weighted by molar-refractivity contribution is 6.22. The van der Waals surface area contributed by atoms with Crippen LogP contribution in [0.3, 0.4) is 0 Å². The third-order valence-electron chi connectivity index (χ3n) is 7.82. The number of phenolic OH excluding ortho intramolecular Hbond substituents is 1. The first-order chi connectivity index (χ1) is 18.1. The molecular weight excluding hydrogens is 488 g/mol. The van der Waals surface area contributed by atoms with Gasteiger partial charge < -0.3 is 5.11 Å². The van der Waals surface area contributed by atoms with Crippen LogP contribution in [0.4, 0.5) is 0 Å². The minimum Gasteiger partial charge on any atom is -0.505 e. The molecule has 0 aliphatic carbocycles. The molecule has 0 saturated carbocycles. The molecule has 1 aliphatic heterocycles. The molecule has 3 aromatic carbocycles. The van der Waals surface area contributed by atoms with E-state index in [9.17, 15) is 14.7 Å². The molecule has 5 rings (SSSR count). The Labute approximate surface area is 229 Å². The highest BCUT2D eigenvalue weighted by Gasteiger charge is 2.35. The Morgan fingerprint density at radius 1 is 0.769 bits per heavy atom. The molecule has 0 spiro atoms. The molecule has 7 nitrogen and oxygen atoms in total. The SMILES string of the molecule is CN1C(=O)c2cc3nn(-c4cc(C(C)(C)CC(C)(C)C)cc(C(C)(C)c5ccccc5)c4O)nc3cc2C1=O. The number of aromatic hydroxyl groups is 1. The van der Waals surface area contributed by atoms with Crippen molar-refractivity contribution in [1.29, 1.82) is 0 Å². The van der Waals surface area contributed by atoms with Crippen LogP contribution < -0.4 is 0 Å². The second-order valence-corrected chi connectivity index (χ2v) is 13.0. The predicted octanol–water partition coefficient (Wildman–Crippen LogP) is 6.39. The van der Waals surface area contributed by atoms with E-state index in [4.69, 9.17) is 0 Å². The van der Waals surface area contributed by atoms with E-state index in [-0.39, 0.29) is 28.4 Å². The van der Waals surface area contributed by atoms with Crippen molar-refractivity contribution in [1.82, 2.24) is 19.9 Å². The van der Waals surface area contributed by atoms with Crippen LogP contribution in [0.25, 0.3) is 16.7 Å². The summed E-state index contributed by atoms with van der Waals surface area (Å²) < 4.78 is 0. The summed E-state index contributed by atoms with van der Waals surface area (Å²) in [6.07, 6.45) is 0.925. The number of phenols is 1. The molecule has 0 bridgehead atoms. The molecule has 2 heterocycles. The van der Waals surface area contributed by atoms with Gasteiger partial charge in [0.2, 0.25) is 0 Å². The van der Waals surface area contributed by atoms with Crippen LogP contribution in [0.1, 0.15) is 92.3 Å². The van der Waals surface area contributed by atoms with Gasteiger partial charge in [0.1, 0.15) is 22.5 Å². The van der Waals surface area contributed by atoms with Gasteiger partial charge in [-0.3, -0.25) is 14.5 Å². The van der Waals surface area contributed by atoms with Gasteiger partial charge in [0.25, 0.3) is 11.8 Å². The van der Waals surface area contributed by atoms with E-state index >= 15 is 0 Å². The molecule has 39 heavy (non-hydrogen) atoms. The molecule has 1 aliphatic rings. The maximum absolute atomic E-state index is 12.6. The average Bonchev–Trinajstić information content (AvgIpc) is 3.36. The fourth-order valence-corrected chi connectivity index (χ4v) is 5.96. The summed E-state index contributed by atoms with van der Waals surface area (Å²) in [6.45, 7) is 15.3. The molecule has 0 atom stereocenters. The lowest BCUT2D eigenvalue weighted by Crippen LogP contribution is -2.27. The lowest BCUT2D eigenvalue weighted by molar-refractivity contribution is 0.0693. The van der Waals surface area contributed by atoms with Crippen molar-refractivity contribution >= 4 is 22.8 Å². The van der Waals surface area contributed by atoms with Crippen molar-refractivity contribution in [2.45, 2.75) is 65.7 Å². The maximum atomic E-state index is 12.6. The molecule has 202 valence electrons. The van der Waals surface area contributed by atoms with Crippen LogP contribution in [0.15, 0.2) is 54.6 Å². The van der Waals surface area contributed by atoms with Gasteiger partial charge in [-0.15, -0.1) is 15.0 Å². The largest absolute Gasteiger partial charge is 0.505 e. The number of hydrogen-bond acceptors (Lipinski definition) is 5. The predicted molar refractivity (Wildman–Crippen MR) is 153 cm³/mol. The summed E-state index contributed by atoms with van der Waals surface area (Å²) in [5.41, 5.74) is 4.34. The van der Waals surface area contributed by atoms with Crippen molar-refractivity contribution in [3.63, 3.8) is 0 Å². The highest BCUT2D eigenvalue weighted by atomic mass is 16.3. The van der Waals surface area contributed by atoms with Gasteiger partial charge in [-0.05, 0) is 46.6 Å². The highest BCUT2D eigenvalue weighted by Crippen LogP contribution is 2.45. The zero-order valence-corrected chi connectivity index (χ0v) is 24.0. The zero-order chi connectivity index (χ0) is 28.5. The lowest BCUT2D eigenvalue weighted by Gasteiger charge is -2.35. The van der Waals surface area contributed by atoms with Crippen LogP contribution >= 0.6 is 0 Å². The third kappa shape index (κ3) is 4.50. The van der Waals surface area contributed by atoms with Crippen molar-refractivity contribution in [3.05, 3.63) is 82.4 Å². The molecular formula is C32H36N4O3. The summed E-state index contributed by atoms with van der Waals surface area (Å²) >= 11 is 0. The second kappa shape index (κ2) is 8.76. The van der Waals surface area contributed by atoms with Gasteiger partial charge >= 0.3 is 0 Å². The number of rotatable bonds is 5. The van der Waals surface area contributed by atoms with Gasteiger partial charge in [0, 0.05) is 18.0 Å². The standard InChI is InChI=1S/C32H36N4O3/c1-30(2,3)18-31(4,5)20-14-23(32(6,7)19-12-10-9-11-13-19)27(37)26(15-20)36-33-24-16-21-22(17-25(24)34-36)29(39)35(8)28(21)38/h9-17,37H,18H2,1-8H3. The summed E-state index contributed by atoms with van der Waals surface area (Å²) in [7, 11) is 1.47. The minimum atomic E-state index is -0.509. The normalized spacial score (nSPS) is 14.4. The van der Waals surface area contributed by atoms with Crippen LogP contribution in [-0.2, 0) is 10.8 Å². The van der Waals surface area contributed by atoms with Crippen LogP contribution in [0, 0.1) is 5.41 Å². The van der Waals surface area contributed by atoms with Crippen LogP contribution in [0.5, 0.6) is 5.75 Å². The maximum Gasteiger partial charge on any atom is 0.261 e. The van der Waals surface area contributed by atoms with Crippen LogP contribution in [-0.4, -0.2) is 43.9 Å². The van der Waals surface area contributed by atoms with E-state index in [1.54, 1.807) is 12.1 Å². The van der Waals surface area contributed by atoms with Crippen molar-refractivity contribution in [2.24, 2.45) is 5.41 Å². The van der Waals surface area contributed by atoms with Gasteiger partial charge in [-0.25, -0.2) is 0 Å². The number of amides is 2. The summed E-state index contributed by atoms with van der Waals surface area (Å²) in [5, 5.41) is 21.1. The molecule has 0 saturated heterocycles. The minimum absolute atomic E-state index is 0.0854. The number of nitrogens with zero attached hydrogens (tertiary/aromatic N) is 4. The Bertz CT molecular complexity index is 1570. The van der Waals surface area contributed by atoms with E-state index in [1.165, 1.54) is 11.8 Å². The molecule has 1 N–H and O–H groups in total. The molecule has 0 fully saturated rings. The van der Waals surface area contributed by atoms with Crippen molar-refractivity contribution in [3.8, 4) is 11.4 Å². The van der Waals surface area contributed by atoms with E-state index < -0.39 is 5.41 Å². The fraction of sp³-hybridized carbons (Fsp3) is 0.375. The topological polar surface area (TPSA) is 88.3 Å². The summed E-state index contributed by atoms with van der Waals surface area (Å²) in [5.74, 6) is -0.613. The second-order valence-electron chi connectivity index (χ2n) is 13.0. The first-order valence-corrected chi connectivity index (χ1v) is 13.3. The molecule has 0 unspecified atom stereocenters. The number of carbonyl (C=O) groups excluding carboxylic acids is 2. The Balaban J connectivity index is 1.73. The van der Waals surface area contributed by atoms with Crippen molar-refractivity contribution < 1.29 is 14.7 Å². The Kier molecular flexibility index (Phi) is 5.98. The summed E-state index contributed by atoms with van der Waals surface area (Å²) in [6, 6.07) is 17.4. The molecule has 1 aromatic heterocycles. The number of hydrogen-bond donors (Lipinski definition) is 1. The Morgan fingerprint density at radius 2 is 1.31 bits per heavy atom. The van der Waals surface area contributed by atoms with Gasteiger partial charge in [0.15, 0.2) is 0 Å². The first kappa shape index (κ1) is 26.6. The number of imide groups is 1. The Hall–Kier alpha value is -4.00. The van der Waals surface area contributed by atoms with Gasteiger partial charge in [-0.2, -0.15) is 0 Å². The summed E-state index contributed by atoms with van der Waals surface area (Å²) in [4.78, 5) is 27.6. The number of aromatic nitrogens is 3. The van der Waals surface area contributed by atoms with Gasteiger partial charge in [0.05, 0.1) is 11.1 Å². The molecule has 2 amide bonds. The zero-order valence-electron chi connectivity index (χ0n) is 24.0. The van der Waals surface area contributed by atoms with E-state index in [1.807, 2.05) is 24.3 Å². The van der Waals surface area contributed by atoms with Crippen molar-refractivity contribution in [2.75, 3.05) is 7.05 Å². The van der Waals surface area contributed by atoms with Gasteiger partial charge in [-0.1, -0.05) is 84.9 Å². The average molecular weight is 525 g/mol. The lowest BCUT2D eigenvalue weighted by atomic mass is 9.70. The molecule has 4 aromatic rings. The number of benzene rings is 3. The number of fused-ring (bicyclic) bond motifs is 2. The molecule has 7 heteroatoms. The quantitative estimate of drug-likeness (QED) is 0.306. The third-order valence-corrected chi connectivity index (χ3v) is 7.82. The monoisotopic (exact) mass is 524 g/mol. The van der Waals surface area contributed by atoms with E-state index in [0.29, 0.717) is 27.8 Å². The van der Waals surface area contributed by atoms with E-state index in [2.05, 4.69) is 76.9 Å².